The largest absolute Gasteiger partial charge is 0.481 e. The predicted molar refractivity (Wildman–Crippen MR) is 77.6 cm³/mol. The van der Waals surface area contributed by atoms with Gasteiger partial charge in [-0.3, -0.25) is 9.59 Å². The number of hydrogen-bond acceptors (Lipinski definition) is 3. The normalized spacial score (nSPS) is 11.6. The lowest BCUT2D eigenvalue weighted by molar-refractivity contribution is -0.130. The summed E-state index contributed by atoms with van der Waals surface area (Å²) in [6.45, 7) is 6.19. The lowest BCUT2D eigenvalue weighted by Gasteiger charge is -2.14. The number of nitrogens with one attached hydrogen (secondary N) is 2. The third-order valence-corrected chi connectivity index (χ3v) is 2.70. The molecular weight excluding hydrogens is 256 g/mol. The number of amides is 2. The van der Waals surface area contributed by atoms with Gasteiger partial charge in [-0.2, -0.15) is 0 Å². The van der Waals surface area contributed by atoms with E-state index in [1.165, 1.54) is 0 Å². The van der Waals surface area contributed by atoms with Crippen molar-refractivity contribution in [3.63, 3.8) is 0 Å². The van der Waals surface area contributed by atoms with Gasteiger partial charge in [-0.15, -0.1) is 0 Å². The van der Waals surface area contributed by atoms with Gasteiger partial charge >= 0.3 is 0 Å². The Balaban J connectivity index is 2.35. The summed E-state index contributed by atoms with van der Waals surface area (Å²) in [5.41, 5.74) is 1.13. The molecule has 5 nitrogen and oxygen atoms in total. The molecule has 0 heterocycles. The summed E-state index contributed by atoms with van der Waals surface area (Å²) in [6.07, 6.45) is 0.226. The minimum absolute atomic E-state index is 0.0274. The molecule has 1 atom stereocenters. The fourth-order valence-electron chi connectivity index (χ4n) is 1.51. The number of aryl methyl sites for hydroxylation is 1. The Hall–Kier alpha value is -2.04. The maximum atomic E-state index is 11.8. The maximum Gasteiger partial charge on any atom is 0.261 e. The molecule has 0 saturated heterocycles. The summed E-state index contributed by atoms with van der Waals surface area (Å²) in [5.74, 6) is 0.133. The van der Waals surface area contributed by atoms with E-state index < -0.39 is 6.10 Å². The SMILES string of the molecule is CCCNC(=O)CNC(=O)C(C)Oc1ccc(C)cc1. The number of carbonyl (C=O) groups is 2. The van der Waals surface area contributed by atoms with Crippen molar-refractivity contribution >= 4 is 11.8 Å². The highest BCUT2D eigenvalue weighted by Crippen LogP contribution is 2.13. The summed E-state index contributed by atoms with van der Waals surface area (Å²) in [4.78, 5) is 23.1. The number of ether oxygens (including phenoxy) is 1. The maximum absolute atomic E-state index is 11.8. The summed E-state index contributed by atoms with van der Waals surface area (Å²) in [5, 5.41) is 5.23. The van der Waals surface area contributed by atoms with Crippen molar-refractivity contribution in [2.45, 2.75) is 33.3 Å². The molecule has 0 spiro atoms. The second-order valence-corrected chi connectivity index (χ2v) is 4.64. The van der Waals surface area contributed by atoms with E-state index in [2.05, 4.69) is 10.6 Å². The first-order chi connectivity index (χ1) is 9.52. The number of carbonyl (C=O) groups excluding carboxylic acids is 2. The van der Waals surface area contributed by atoms with Crippen LogP contribution in [0.4, 0.5) is 0 Å². The van der Waals surface area contributed by atoms with E-state index in [4.69, 9.17) is 4.74 Å². The molecule has 0 aliphatic carbocycles. The van der Waals surface area contributed by atoms with E-state index in [0.29, 0.717) is 12.3 Å². The highest BCUT2D eigenvalue weighted by Gasteiger charge is 2.15. The zero-order valence-electron chi connectivity index (χ0n) is 12.2. The zero-order chi connectivity index (χ0) is 15.0. The smallest absolute Gasteiger partial charge is 0.261 e. The summed E-state index contributed by atoms with van der Waals surface area (Å²) >= 11 is 0. The topological polar surface area (TPSA) is 67.4 Å². The van der Waals surface area contributed by atoms with E-state index in [1.807, 2.05) is 38.1 Å². The average molecular weight is 278 g/mol. The fraction of sp³-hybridized carbons (Fsp3) is 0.467. The first-order valence-electron chi connectivity index (χ1n) is 6.80. The molecule has 110 valence electrons. The van der Waals surface area contributed by atoms with Gasteiger partial charge in [0.25, 0.3) is 5.91 Å². The summed E-state index contributed by atoms with van der Waals surface area (Å²) in [6, 6.07) is 7.45. The minimum atomic E-state index is -0.642. The van der Waals surface area contributed by atoms with Crippen LogP contribution in [0.5, 0.6) is 5.75 Å². The Morgan fingerprint density at radius 1 is 1.20 bits per heavy atom. The molecule has 0 aromatic heterocycles. The average Bonchev–Trinajstić information content (AvgIpc) is 2.44. The predicted octanol–water partition coefficient (Wildman–Crippen LogP) is 1.40. The number of hydrogen-bond donors (Lipinski definition) is 2. The molecule has 1 unspecified atom stereocenters. The van der Waals surface area contributed by atoms with Crippen molar-refractivity contribution in [3.8, 4) is 5.75 Å². The van der Waals surface area contributed by atoms with Gasteiger partial charge < -0.3 is 15.4 Å². The van der Waals surface area contributed by atoms with Gasteiger partial charge in [-0.1, -0.05) is 24.6 Å². The number of benzene rings is 1. The molecule has 2 N–H and O–H groups in total. The van der Waals surface area contributed by atoms with E-state index >= 15 is 0 Å². The van der Waals surface area contributed by atoms with Crippen molar-refractivity contribution in [2.75, 3.05) is 13.1 Å². The van der Waals surface area contributed by atoms with Crippen LogP contribution in [0.2, 0.25) is 0 Å². The third kappa shape index (κ3) is 5.73. The molecule has 0 radical (unpaired) electrons. The fourth-order valence-corrected chi connectivity index (χ4v) is 1.51. The monoisotopic (exact) mass is 278 g/mol. The van der Waals surface area contributed by atoms with Crippen LogP contribution in [-0.4, -0.2) is 31.0 Å². The van der Waals surface area contributed by atoms with Gasteiger partial charge in [0.15, 0.2) is 6.10 Å². The highest BCUT2D eigenvalue weighted by atomic mass is 16.5. The molecular formula is C15H22N2O3. The van der Waals surface area contributed by atoms with E-state index in [1.54, 1.807) is 6.92 Å². The van der Waals surface area contributed by atoms with Crippen molar-refractivity contribution in [3.05, 3.63) is 29.8 Å². The molecule has 0 aliphatic heterocycles. The van der Waals surface area contributed by atoms with Crippen LogP contribution in [0, 0.1) is 6.92 Å². The van der Waals surface area contributed by atoms with Gasteiger partial charge in [-0.25, -0.2) is 0 Å². The van der Waals surface area contributed by atoms with Crippen LogP contribution in [0.3, 0.4) is 0 Å². The van der Waals surface area contributed by atoms with Crippen LogP contribution >= 0.6 is 0 Å². The van der Waals surface area contributed by atoms with E-state index in [9.17, 15) is 9.59 Å². The lowest BCUT2D eigenvalue weighted by atomic mass is 10.2. The Kier molecular flexibility index (Phi) is 6.56. The Labute approximate surface area is 119 Å². The van der Waals surface area contributed by atoms with Crippen LogP contribution in [0.25, 0.3) is 0 Å². The van der Waals surface area contributed by atoms with Crippen molar-refractivity contribution in [1.82, 2.24) is 10.6 Å². The molecule has 1 aromatic carbocycles. The van der Waals surface area contributed by atoms with Crippen LogP contribution in [0.15, 0.2) is 24.3 Å². The van der Waals surface area contributed by atoms with Gasteiger partial charge in [0.2, 0.25) is 5.91 Å². The Morgan fingerprint density at radius 2 is 1.85 bits per heavy atom. The Morgan fingerprint density at radius 3 is 2.45 bits per heavy atom. The van der Waals surface area contributed by atoms with Gasteiger partial charge in [0, 0.05) is 6.54 Å². The molecule has 0 bridgehead atoms. The van der Waals surface area contributed by atoms with Crippen molar-refractivity contribution in [1.29, 1.82) is 0 Å². The molecule has 1 aromatic rings. The standard InChI is InChI=1S/C15H22N2O3/c1-4-9-16-14(18)10-17-15(19)12(3)20-13-7-5-11(2)6-8-13/h5-8,12H,4,9-10H2,1-3H3,(H,16,18)(H,17,19). The lowest BCUT2D eigenvalue weighted by Crippen LogP contribution is -2.42. The highest BCUT2D eigenvalue weighted by molar-refractivity contribution is 5.86. The Bertz CT molecular complexity index is 443. The molecule has 0 aliphatic rings. The molecule has 0 saturated carbocycles. The zero-order valence-corrected chi connectivity index (χ0v) is 12.2. The molecule has 20 heavy (non-hydrogen) atoms. The van der Waals surface area contributed by atoms with E-state index in [0.717, 1.165) is 12.0 Å². The molecule has 2 amide bonds. The second kappa shape index (κ2) is 8.19. The van der Waals surface area contributed by atoms with Gasteiger partial charge in [0.1, 0.15) is 5.75 Å². The van der Waals surface area contributed by atoms with Crippen molar-refractivity contribution < 1.29 is 14.3 Å². The minimum Gasteiger partial charge on any atom is -0.481 e. The van der Waals surface area contributed by atoms with Gasteiger partial charge in [0.05, 0.1) is 6.54 Å². The van der Waals surface area contributed by atoms with Crippen LogP contribution in [0.1, 0.15) is 25.8 Å². The van der Waals surface area contributed by atoms with Crippen molar-refractivity contribution in [2.24, 2.45) is 0 Å². The molecule has 1 rings (SSSR count). The van der Waals surface area contributed by atoms with Crippen LogP contribution < -0.4 is 15.4 Å². The molecule has 5 heteroatoms. The summed E-state index contributed by atoms with van der Waals surface area (Å²) in [7, 11) is 0. The third-order valence-electron chi connectivity index (χ3n) is 2.70. The first kappa shape index (κ1) is 16.0. The second-order valence-electron chi connectivity index (χ2n) is 4.64. The number of rotatable bonds is 7. The van der Waals surface area contributed by atoms with Gasteiger partial charge in [-0.05, 0) is 32.4 Å². The summed E-state index contributed by atoms with van der Waals surface area (Å²) < 4.78 is 5.50. The van der Waals surface area contributed by atoms with E-state index in [-0.39, 0.29) is 18.4 Å². The first-order valence-corrected chi connectivity index (χ1v) is 6.80. The quantitative estimate of drug-likeness (QED) is 0.792. The van der Waals surface area contributed by atoms with Crippen LogP contribution in [-0.2, 0) is 9.59 Å². The molecule has 0 fully saturated rings.